The standard InChI is InChI=1S/C13H15N3O2/c1-3-9-8-12(16-15-9)13(17)14-10-5-4-6-11(7-10)18-2/h4-8H,3H2,1-2H3,(H,14,17)(H,15,16). The average molecular weight is 245 g/mol. The van der Waals surface area contributed by atoms with Crippen molar-refractivity contribution >= 4 is 11.6 Å². The summed E-state index contributed by atoms with van der Waals surface area (Å²) in [5.41, 5.74) is 2.00. The number of hydrogen-bond acceptors (Lipinski definition) is 3. The van der Waals surface area contributed by atoms with Crippen molar-refractivity contribution in [3.8, 4) is 5.75 Å². The van der Waals surface area contributed by atoms with E-state index in [1.807, 2.05) is 19.1 Å². The van der Waals surface area contributed by atoms with Crippen LogP contribution in [0.4, 0.5) is 5.69 Å². The summed E-state index contributed by atoms with van der Waals surface area (Å²) in [5.74, 6) is 0.461. The zero-order valence-corrected chi connectivity index (χ0v) is 10.4. The second kappa shape index (κ2) is 5.35. The molecule has 0 fully saturated rings. The van der Waals surface area contributed by atoms with Gasteiger partial charge in [-0.15, -0.1) is 0 Å². The number of aromatic nitrogens is 2. The van der Waals surface area contributed by atoms with Gasteiger partial charge in [-0.2, -0.15) is 5.10 Å². The number of methoxy groups -OCH3 is 1. The van der Waals surface area contributed by atoms with Gasteiger partial charge in [0, 0.05) is 17.4 Å². The maximum Gasteiger partial charge on any atom is 0.276 e. The van der Waals surface area contributed by atoms with Gasteiger partial charge in [-0.05, 0) is 24.6 Å². The van der Waals surface area contributed by atoms with Crippen LogP contribution in [0.15, 0.2) is 30.3 Å². The third-order valence-corrected chi connectivity index (χ3v) is 2.57. The van der Waals surface area contributed by atoms with Gasteiger partial charge in [0.2, 0.25) is 0 Å². The molecule has 0 spiro atoms. The molecule has 0 saturated heterocycles. The van der Waals surface area contributed by atoms with Crippen LogP contribution in [0.25, 0.3) is 0 Å². The van der Waals surface area contributed by atoms with Crippen LogP contribution in [0, 0.1) is 0 Å². The zero-order valence-electron chi connectivity index (χ0n) is 10.4. The first kappa shape index (κ1) is 12.2. The van der Waals surface area contributed by atoms with Crippen LogP contribution >= 0.6 is 0 Å². The van der Waals surface area contributed by atoms with Crippen LogP contribution in [0.5, 0.6) is 5.75 Å². The number of aryl methyl sites for hydroxylation is 1. The average Bonchev–Trinajstić information content (AvgIpc) is 2.88. The lowest BCUT2D eigenvalue weighted by Crippen LogP contribution is -2.12. The molecule has 0 aliphatic carbocycles. The molecule has 0 bridgehead atoms. The van der Waals surface area contributed by atoms with Gasteiger partial charge in [0.05, 0.1) is 7.11 Å². The van der Waals surface area contributed by atoms with Crippen LogP contribution in [0.3, 0.4) is 0 Å². The number of hydrogen-bond donors (Lipinski definition) is 2. The normalized spacial score (nSPS) is 10.1. The van der Waals surface area contributed by atoms with Crippen molar-refractivity contribution in [3.63, 3.8) is 0 Å². The van der Waals surface area contributed by atoms with Gasteiger partial charge in [0.25, 0.3) is 5.91 Å². The molecule has 0 saturated carbocycles. The molecule has 1 aromatic heterocycles. The van der Waals surface area contributed by atoms with E-state index in [9.17, 15) is 4.79 Å². The zero-order chi connectivity index (χ0) is 13.0. The number of amides is 1. The lowest BCUT2D eigenvalue weighted by Gasteiger charge is -2.05. The van der Waals surface area contributed by atoms with E-state index in [0.29, 0.717) is 17.1 Å². The number of benzene rings is 1. The highest BCUT2D eigenvalue weighted by atomic mass is 16.5. The Morgan fingerprint density at radius 1 is 1.44 bits per heavy atom. The number of aromatic amines is 1. The highest BCUT2D eigenvalue weighted by molar-refractivity contribution is 6.02. The van der Waals surface area contributed by atoms with E-state index < -0.39 is 0 Å². The van der Waals surface area contributed by atoms with Gasteiger partial charge in [-0.25, -0.2) is 0 Å². The minimum atomic E-state index is -0.237. The first-order valence-electron chi connectivity index (χ1n) is 5.72. The van der Waals surface area contributed by atoms with Crippen molar-refractivity contribution in [1.82, 2.24) is 10.2 Å². The van der Waals surface area contributed by atoms with Gasteiger partial charge in [0.15, 0.2) is 5.69 Å². The van der Waals surface area contributed by atoms with Gasteiger partial charge in [-0.3, -0.25) is 9.89 Å². The Kier molecular flexibility index (Phi) is 3.62. The van der Waals surface area contributed by atoms with Crippen molar-refractivity contribution in [2.75, 3.05) is 12.4 Å². The molecule has 1 aromatic carbocycles. The van der Waals surface area contributed by atoms with Crippen LogP contribution in [-0.4, -0.2) is 23.2 Å². The van der Waals surface area contributed by atoms with E-state index in [0.717, 1.165) is 12.1 Å². The fraction of sp³-hybridized carbons (Fsp3) is 0.231. The third-order valence-electron chi connectivity index (χ3n) is 2.57. The van der Waals surface area contributed by atoms with Crippen molar-refractivity contribution in [3.05, 3.63) is 41.7 Å². The van der Waals surface area contributed by atoms with E-state index in [1.165, 1.54) is 0 Å². The fourth-order valence-electron chi connectivity index (χ4n) is 1.56. The molecule has 2 N–H and O–H groups in total. The molecule has 1 heterocycles. The second-order valence-corrected chi connectivity index (χ2v) is 3.82. The summed E-state index contributed by atoms with van der Waals surface area (Å²) in [6.45, 7) is 2.00. The number of nitrogens with zero attached hydrogens (tertiary/aromatic N) is 1. The largest absolute Gasteiger partial charge is 0.497 e. The number of carbonyl (C=O) groups is 1. The van der Waals surface area contributed by atoms with Crippen molar-refractivity contribution < 1.29 is 9.53 Å². The number of ether oxygens (including phenoxy) is 1. The maximum absolute atomic E-state index is 11.9. The quantitative estimate of drug-likeness (QED) is 0.868. The molecule has 94 valence electrons. The van der Waals surface area contributed by atoms with E-state index in [-0.39, 0.29) is 5.91 Å². The highest BCUT2D eigenvalue weighted by Gasteiger charge is 2.10. The van der Waals surface area contributed by atoms with Crippen molar-refractivity contribution in [2.45, 2.75) is 13.3 Å². The van der Waals surface area contributed by atoms with Crippen molar-refractivity contribution in [2.24, 2.45) is 0 Å². The lowest BCUT2D eigenvalue weighted by atomic mass is 10.2. The summed E-state index contributed by atoms with van der Waals surface area (Å²) in [6.07, 6.45) is 0.819. The number of H-pyrrole nitrogens is 1. The predicted octanol–water partition coefficient (Wildman–Crippen LogP) is 2.23. The molecule has 0 aliphatic heterocycles. The monoisotopic (exact) mass is 245 g/mol. The summed E-state index contributed by atoms with van der Waals surface area (Å²) in [6, 6.07) is 8.93. The Morgan fingerprint density at radius 3 is 2.94 bits per heavy atom. The Labute approximate surface area is 105 Å². The molecule has 2 rings (SSSR count). The maximum atomic E-state index is 11.9. The molecular formula is C13H15N3O2. The van der Waals surface area contributed by atoms with E-state index in [2.05, 4.69) is 15.5 Å². The van der Waals surface area contributed by atoms with E-state index in [4.69, 9.17) is 4.74 Å². The van der Waals surface area contributed by atoms with Gasteiger partial charge in [-0.1, -0.05) is 13.0 Å². The molecule has 2 aromatic rings. The molecule has 0 radical (unpaired) electrons. The Hall–Kier alpha value is -2.30. The Balaban J connectivity index is 2.10. The molecule has 5 heteroatoms. The summed E-state index contributed by atoms with van der Waals surface area (Å²) in [5, 5.41) is 9.54. The van der Waals surface area contributed by atoms with Gasteiger partial charge >= 0.3 is 0 Å². The minimum Gasteiger partial charge on any atom is -0.497 e. The number of anilines is 1. The van der Waals surface area contributed by atoms with Crippen LogP contribution < -0.4 is 10.1 Å². The van der Waals surface area contributed by atoms with Crippen LogP contribution in [0.1, 0.15) is 23.1 Å². The summed E-state index contributed by atoms with van der Waals surface area (Å²) >= 11 is 0. The lowest BCUT2D eigenvalue weighted by molar-refractivity contribution is 0.102. The molecular weight excluding hydrogens is 230 g/mol. The predicted molar refractivity (Wildman–Crippen MR) is 68.9 cm³/mol. The van der Waals surface area contributed by atoms with Crippen LogP contribution in [0.2, 0.25) is 0 Å². The Bertz CT molecular complexity index is 549. The molecule has 18 heavy (non-hydrogen) atoms. The topological polar surface area (TPSA) is 67.0 Å². The van der Waals surface area contributed by atoms with Crippen molar-refractivity contribution in [1.29, 1.82) is 0 Å². The highest BCUT2D eigenvalue weighted by Crippen LogP contribution is 2.17. The molecule has 1 amide bonds. The Morgan fingerprint density at radius 2 is 2.28 bits per heavy atom. The van der Waals surface area contributed by atoms with E-state index >= 15 is 0 Å². The first-order chi connectivity index (χ1) is 8.72. The number of carbonyl (C=O) groups excluding carboxylic acids is 1. The van der Waals surface area contributed by atoms with Gasteiger partial charge < -0.3 is 10.1 Å². The number of nitrogens with one attached hydrogen (secondary N) is 2. The molecule has 0 atom stereocenters. The third kappa shape index (κ3) is 2.68. The summed E-state index contributed by atoms with van der Waals surface area (Å²) < 4.78 is 5.09. The van der Waals surface area contributed by atoms with Crippen LogP contribution in [-0.2, 0) is 6.42 Å². The SMILES string of the molecule is CCc1cc(C(=O)Nc2cccc(OC)c2)n[nH]1. The molecule has 0 unspecified atom stereocenters. The number of rotatable bonds is 4. The smallest absolute Gasteiger partial charge is 0.276 e. The van der Waals surface area contributed by atoms with E-state index in [1.54, 1.807) is 25.3 Å². The molecule has 5 nitrogen and oxygen atoms in total. The summed E-state index contributed by atoms with van der Waals surface area (Å²) in [7, 11) is 1.59. The first-order valence-corrected chi connectivity index (χ1v) is 5.72. The second-order valence-electron chi connectivity index (χ2n) is 3.82. The van der Waals surface area contributed by atoms with Gasteiger partial charge in [0.1, 0.15) is 5.75 Å². The summed E-state index contributed by atoms with van der Waals surface area (Å²) in [4.78, 5) is 11.9. The fourth-order valence-corrected chi connectivity index (χ4v) is 1.56. The molecule has 0 aliphatic rings. The minimum absolute atomic E-state index is 0.237.